The van der Waals surface area contributed by atoms with Crippen molar-refractivity contribution in [3.8, 4) is 5.75 Å². The van der Waals surface area contributed by atoms with E-state index in [1.807, 2.05) is 0 Å². The van der Waals surface area contributed by atoms with E-state index in [2.05, 4.69) is 0 Å². The SMILES string of the molecule is Fc1ccc(OC2CCCCCC2)c([B-](F)(F)F)c1. The van der Waals surface area contributed by atoms with Gasteiger partial charge in [-0.15, -0.1) is 0 Å². The standard InChI is InChI=1S/C13H16BF4O/c15-10-7-8-13(12(9-10)14(16,17)18)19-11-5-3-1-2-4-6-11/h7-9,11H,1-6H2/q-1. The molecule has 0 unspecified atom stereocenters. The van der Waals surface area contributed by atoms with Crippen LogP contribution in [0, 0.1) is 5.82 Å². The molecule has 0 spiro atoms. The van der Waals surface area contributed by atoms with Gasteiger partial charge in [0.05, 0.1) is 11.9 Å². The molecule has 106 valence electrons. The third-order valence-electron chi connectivity index (χ3n) is 3.42. The first-order valence-electron chi connectivity index (χ1n) is 6.63. The molecule has 1 aromatic rings. The average molecular weight is 275 g/mol. The van der Waals surface area contributed by atoms with Gasteiger partial charge in [0, 0.05) is 0 Å². The Morgan fingerprint density at radius 2 is 1.63 bits per heavy atom. The van der Waals surface area contributed by atoms with Crippen LogP contribution >= 0.6 is 0 Å². The van der Waals surface area contributed by atoms with Gasteiger partial charge in [-0.25, -0.2) is 4.39 Å². The van der Waals surface area contributed by atoms with Crippen LogP contribution in [0.4, 0.5) is 17.3 Å². The third-order valence-corrected chi connectivity index (χ3v) is 3.42. The normalized spacial score (nSPS) is 18.1. The van der Waals surface area contributed by atoms with Gasteiger partial charge in [0.15, 0.2) is 0 Å². The second kappa shape index (κ2) is 5.84. The molecule has 2 rings (SSSR count). The molecule has 1 aromatic carbocycles. The molecule has 0 bridgehead atoms. The van der Waals surface area contributed by atoms with Crippen molar-refractivity contribution in [3.05, 3.63) is 24.0 Å². The van der Waals surface area contributed by atoms with E-state index in [1.54, 1.807) is 0 Å². The Labute approximate surface area is 110 Å². The minimum atomic E-state index is -5.26. The summed E-state index contributed by atoms with van der Waals surface area (Å²) in [6.07, 6.45) is 5.48. The first-order valence-corrected chi connectivity index (χ1v) is 6.63. The molecule has 0 radical (unpaired) electrons. The van der Waals surface area contributed by atoms with Crippen LogP contribution in [0.15, 0.2) is 18.2 Å². The molecule has 0 heterocycles. The van der Waals surface area contributed by atoms with Crippen LogP contribution in [0.2, 0.25) is 0 Å². The smallest absolute Gasteiger partial charge is 0.493 e. The van der Waals surface area contributed by atoms with E-state index in [1.165, 1.54) is 0 Å². The zero-order chi connectivity index (χ0) is 13.9. The number of halogens is 4. The van der Waals surface area contributed by atoms with Crippen molar-refractivity contribution in [2.45, 2.75) is 44.6 Å². The Kier molecular flexibility index (Phi) is 4.37. The van der Waals surface area contributed by atoms with Gasteiger partial charge in [0.25, 0.3) is 0 Å². The summed E-state index contributed by atoms with van der Waals surface area (Å²) in [6.45, 7) is -5.26. The zero-order valence-corrected chi connectivity index (χ0v) is 10.5. The van der Waals surface area contributed by atoms with E-state index < -0.39 is 18.3 Å². The molecule has 1 aliphatic rings. The summed E-state index contributed by atoms with van der Waals surface area (Å²) in [7, 11) is 0. The molecule has 6 heteroatoms. The quantitative estimate of drug-likeness (QED) is 0.460. The molecule has 0 aliphatic heterocycles. The molecular formula is C13H16BF4O-. The minimum absolute atomic E-state index is 0.190. The molecule has 0 N–H and O–H groups in total. The Morgan fingerprint density at radius 1 is 1.00 bits per heavy atom. The average Bonchev–Trinajstić information content (AvgIpc) is 2.59. The summed E-state index contributed by atoms with van der Waals surface area (Å²) in [5, 5.41) is 0. The molecule has 1 nitrogen and oxygen atoms in total. The highest BCUT2D eigenvalue weighted by atomic mass is 19.4. The summed E-state index contributed by atoms with van der Waals surface area (Å²) >= 11 is 0. The first-order chi connectivity index (χ1) is 8.97. The van der Waals surface area contributed by atoms with Gasteiger partial charge in [-0.3, -0.25) is 0 Å². The molecular weight excluding hydrogens is 259 g/mol. The summed E-state index contributed by atoms with van der Waals surface area (Å²) in [6, 6.07) is 2.62. The van der Waals surface area contributed by atoms with E-state index in [-0.39, 0.29) is 11.9 Å². The number of hydrogen-bond donors (Lipinski definition) is 0. The van der Waals surface area contributed by atoms with Crippen molar-refractivity contribution in [1.82, 2.24) is 0 Å². The Morgan fingerprint density at radius 3 is 2.21 bits per heavy atom. The maximum Gasteiger partial charge on any atom is 0.513 e. The second-order valence-electron chi connectivity index (χ2n) is 4.99. The van der Waals surface area contributed by atoms with Crippen LogP contribution in [-0.2, 0) is 0 Å². The van der Waals surface area contributed by atoms with Gasteiger partial charge in [-0.2, -0.15) is 0 Å². The number of rotatable bonds is 3. The van der Waals surface area contributed by atoms with Gasteiger partial charge in [-0.05, 0) is 43.9 Å². The monoisotopic (exact) mass is 275 g/mol. The number of ether oxygens (including phenoxy) is 1. The van der Waals surface area contributed by atoms with Crippen LogP contribution in [0.25, 0.3) is 0 Å². The summed E-state index contributed by atoms with van der Waals surface area (Å²) in [4.78, 5) is 0. The highest BCUT2D eigenvalue weighted by molar-refractivity contribution is 6.74. The van der Waals surface area contributed by atoms with Crippen LogP contribution in [0.1, 0.15) is 38.5 Å². The predicted octanol–water partition coefficient (Wildman–Crippen LogP) is 3.98. The van der Waals surface area contributed by atoms with Gasteiger partial charge in [-0.1, -0.05) is 18.3 Å². The molecule has 1 aliphatic carbocycles. The summed E-state index contributed by atoms with van der Waals surface area (Å²) < 4.78 is 57.1. The van der Waals surface area contributed by atoms with E-state index in [0.29, 0.717) is 6.07 Å². The summed E-state index contributed by atoms with van der Waals surface area (Å²) in [5.41, 5.74) is -0.968. The first kappa shape index (κ1) is 14.2. The second-order valence-corrected chi connectivity index (χ2v) is 4.99. The van der Waals surface area contributed by atoms with Crippen molar-refractivity contribution in [3.63, 3.8) is 0 Å². The van der Waals surface area contributed by atoms with Gasteiger partial charge >= 0.3 is 6.98 Å². The van der Waals surface area contributed by atoms with Gasteiger partial charge < -0.3 is 17.7 Å². The largest absolute Gasteiger partial charge is 0.513 e. The highest BCUT2D eigenvalue weighted by Gasteiger charge is 2.30. The van der Waals surface area contributed by atoms with E-state index in [4.69, 9.17) is 4.74 Å². The van der Waals surface area contributed by atoms with Crippen molar-refractivity contribution in [1.29, 1.82) is 0 Å². The lowest BCUT2D eigenvalue weighted by Gasteiger charge is -2.24. The minimum Gasteiger partial charge on any atom is -0.493 e. The fraction of sp³-hybridized carbons (Fsp3) is 0.538. The maximum absolute atomic E-state index is 13.0. The van der Waals surface area contributed by atoms with Gasteiger partial charge in [0.2, 0.25) is 0 Å². The lowest BCUT2D eigenvalue weighted by molar-refractivity contribution is 0.184. The van der Waals surface area contributed by atoms with Gasteiger partial charge in [0.1, 0.15) is 5.82 Å². The number of benzene rings is 1. The van der Waals surface area contributed by atoms with Crippen molar-refractivity contribution in [2.75, 3.05) is 0 Å². The fourth-order valence-electron chi connectivity index (χ4n) is 2.42. The van der Waals surface area contributed by atoms with Crippen molar-refractivity contribution < 1.29 is 22.1 Å². The van der Waals surface area contributed by atoms with Crippen molar-refractivity contribution in [2.24, 2.45) is 0 Å². The molecule has 0 atom stereocenters. The van der Waals surface area contributed by atoms with Crippen LogP contribution in [-0.4, -0.2) is 13.1 Å². The molecule has 1 fully saturated rings. The molecule has 19 heavy (non-hydrogen) atoms. The van der Waals surface area contributed by atoms with E-state index >= 15 is 0 Å². The van der Waals surface area contributed by atoms with Crippen molar-refractivity contribution >= 4 is 12.4 Å². The topological polar surface area (TPSA) is 9.23 Å². The summed E-state index contributed by atoms with van der Waals surface area (Å²) in [5.74, 6) is -1.12. The molecule has 0 amide bonds. The molecule has 0 aromatic heterocycles. The zero-order valence-electron chi connectivity index (χ0n) is 10.5. The fourth-order valence-corrected chi connectivity index (χ4v) is 2.42. The van der Waals surface area contributed by atoms with Crippen LogP contribution in [0.5, 0.6) is 5.75 Å². The molecule has 0 saturated heterocycles. The Hall–Kier alpha value is -1.20. The van der Waals surface area contributed by atoms with Crippen LogP contribution in [0.3, 0.4) is 0 Å². The van der Waals surface area contributed by atoms with E-state index in [0.717, 1.165) is 50.7 Å². The Bertz CT molecular complexity index is 425. The number of hydrogen-bond acceptors (Lipinski definition) is 1. The Balaban J connectivity index is 2.19. The lowest BCUT2D eigenvalue weighted by Crippen LogP contribution is -2.36. The van der Waals surface area contributed by atoms with Crippen LogP contribution < -0.4 is 10.2 Å². The maximum atomic E-state index is 13.0. The lowest BCUT2D eigenvalue weighted by atomic mass is 9.79. The third kappa shape index (κ3) is 3.88. The van der Waals surface area contributed by atoms with E-state index in [9.17, 15) is 17.3 Å². The molecule has 1 saturated carbocycles. The highest BCUT2D eigenvalue weighted by Crippen LogP contribution is 2.24. The predicted molar refractivity (Wildman–Crippen MR) is 67.2 cm³/mol.